The summed E-state index contributed by atoms with van der Waals surface area (Å²) in [6.45, 7) is 6.05. The number of hydrogen-bond acceptors (Lipinski definition) is 2. The molecule has 0 spiro atoms. The summed E-state index contributed by atoms with van der Waals surface area (Å²) in [5.41, 5.74) is -0.948. The summed E-state index contributed by atoms with van der Waals surface area (Å²) in [5, 5.41) is 3.85. The van der Waals surface area contributed by atoms with Gasteiger partial charge in [-0.2, -0.15) is 0 Å². The average Bonchev–Trinajstić information content (AvgIpc) is 2.73. The number of carbonyl (C=O) groups excluding carboxylic acids is 2. The second kappa shape index (κ2) is 4.72. The Kier molecular flexibility index (Phi) is 3.39. The Labute approximate surface area is 140 Å². The molecule has 3 nitrogen and oxygen atoms in total. The molecule has 22 heavy (non-hydrogen) atoms. The molecule has 2 atom stereocenters. The number of rotatable bonds is 2. The Hall–Kier alpha value is -1.06. The van der Waals surface area contributed by atoms with Gasteiger partial charge in [0.05, 0.1) is 16.1 Å². The summed E-state index contributed by atoms with van der Waals surface area (Å²) in [6.07, 6.45) is 1.79. The summed E-state index contributed by atoms with van der Waals surface area (Å²) in [6, 6.07) is 4.96. The molecule has 0 aliphatic heterocycles. The summed E-state index contributed by atoms with van der Waals surface area (Å²) >= 11 is 12.1. The lowest BCUT2D eigenvalue weighted by molar-refractivity contribution is -0.131. The van der Waals surface area contributed by atoms with Gasteiger partial charge < -0.3 is 5.32 Å². The predicted molar refractivity (Wildman–Crippen MR) is 88.3 cm³/mol. The molecule has 5 heteroatoms. The molecule has 0 unspecified atom stereocenters. The van der Waals surface area contributed by atoms with Crippen LogP contribution in [0.15, 0.2) is 18.2 Å². The first-order valence-corrected chi connectivity index (χ1v) is 8.19. The first-order chi connectivity index (χ1) is 10.1. The molecule has 1 amide bonds. The standard InChI is InChI=1S/C17H19Cl2NO2/c1-15(2)16(3)6-7-17(15,9-13(16)21)14(22)20-12-8-10(18)4-5-11(12)19/h4-5,8H,6-7,9H2,1-3H3,(H,20,22)/t16-,17-/m0/s1. The van der Waals surface area contributed by atoms with Gasteiger partial charge in [0.2, 0.25) is 5.91 Å². The fourth-order valence-electron chi connectivity index (χ4n) is 4.20. The fourth-order valence-corrected chi connectivity index (χ4v) is 4.53. The fraction of sp³-hybridized carbons (Fsp3) is 0.529. The third-order valence-corrected chi connectivity index (χ3v) is 6.88. The zero-order valence-corrected chi connectivity index (χ0v) is 14.4. The van der Waals surface area contributed by atoms with Crippen LogP contribution in [0, 0.1) is 16.2 Å². The maximum Gasteiger partial charge on any atom is 0.231 e. The summed E-state index contributed by atoms with van der Waals surface area (Å²) in [7, 11) is 0. The van der Waals surface area contributed by atoms with Crippen molar-refractivity contribution in [2.24, 2.45) is 16.2 Å². The van der Waals surface area contributed by atoms with E-state index < -0.39 is 10.8 Å². The Balaban J connectivity index is 1.96. The maximum atomic E-state index is 13.0. The van der Waals surface area contributed by atoms with Crippen LogP contribution in [0.4, 0.5) is 5.69 Å². The van der Waals surface area contributed by atoms with E-state index in [0.717, 1.165) is 12.8 Å². The van der Waals surface area contributed by atoms with E-state index in [9.17, 15) is 9.59 Å². The van der Waals surface area contributed by atoms with Gasteiger partial charge in [-0.25, -0.2) is 0 Å². The van der Waals surface area contributed by atoms with Crippen LogP contribution in [0.25, 0.3) is 0 Å². The molecular formula is C17H19Cl2NO2. The number of amides is 1. The minimum atomic E-state index is -0.662. The lowest BCUT2D eigenvalue weighted by Gasteiger charge is -2.38. The third-order valence-electron chi connectivity index (χ3n) is 6.32. The molecule has 2 bridgehead atoms. The molecule has 2 aliphatic rings. The van der Waals surface area contributed by atoms with E-state index in [2.05, 4.69) is 5.32 Å². The lowest BCUT2D eigenvalue weighted by Crippen LogP contribution is -2.43. The van der Waals surface area contributed by atoms with Crippen LogP contribution in [-0.4, -0.2) is 11.7 Å². The van der Waals surface area contributed by atoms with E-state index in [4.69, 9.17) is 23.2 Å². The molecule has 2 aliphatic carbocycles. The van der Waals surface area contributed by atoms with Crippen molar-refractivity contribution in [2.45, 2.75) is 40.0 Å². The highest BCUT2D eigenvalue weighted by Crippen LogP contribution is 2.70. The van der Waals surface area contributed by atoms with Gasteiger partial charge in [-0.1, -0.05) is 44.0 Å². The molecule has 0 aromatic heterocycles. The van der Waals surface area contributed by atoms with Gasteiger partial charge in [-0.15, -0.1) is 0 Å². The van der Waals surface area contributed by atoms with Crippen molar-refractivity contribution in [2.75, 3.05) is 5.32 Å². The summed E-state index contributed by atoms with van der Waals surface area (Å²) in [4.78, 5) is 25.4. The van der Waals surface area contributed by atoms with Crippen molar-refractivity contribution in [3.05, 3.63) is 28.2 Å². The Morgan fingerprint density at radius 3 is 2.41 bits per heavy atom. The van der Waals surface area contributed by atoms with E-state index in [-0.39, 0.29) is 17.1 Å². The number of nitrogens with one attached hydrogen (secondary N) is 1. The van der Waals surface area contributed by atoms with E-state index in [1.54, 1.807) is 18.2 Å². The van der Waals surface area contributed by atoms with Crippen molar-refractivity contribution < 1.29 is 9.59 Å². The molecular weight excluding hydrogens is 321 g/mol. The number of ketones is 1. The Morgan fingerprint density at radius 2 is 1.86 bits per heavy atom. The molecule has 1 N–H and O–H groups in total. The van der Waals surface area contributed by atoms with Gasteiger partial charge in [-0.3, -0.25) is 9.59 Å². The highest BCUT2D eigenvalue weighted by molar-refractivity contribution is 6.35. The van der Waals surface area contributed by atoms with Crippen molar-refractivity contribution in [3.8, 4) is 0 Å². The quantitative estimate of drug-likeness (QED) is 0.847. The lowest BCUT2D eigenvalue weighted by atomic mass is 9.64. The molecule has 1 aromatic rings. The Bertz CT molecular complexity index is 685. The highest BCUT2D eigenvalue weighted by Gasteiger charge is 2.72. The van der Waals surface area contributed by atoms with Crippen LogP contribution in [0.1, 0.15) is 40.0 Å². The van der Waals surface area contributed by atoms with E-state index in [0.29, 0.717) is 22.2 Å². The van der Waals surface area contributed by atoms with Crippen LogP contribution in [0.5, 0.6) is 0 Å². The smallest absolute Gasteiger partial charge is 0.231 e. The SMILES string of the molecule is CC1(C)[C@@]2(C(=O)Nc3cc(Cl)ccc3Cl)CC[C@@]1(C)C(=O)C2. The zero-order chi connectivity index (χ0) is 16.3. The number of carbonyl (C=O) groups is 2. The van der Waals surface area contributed by atoms with Gasteiger partial charge in [0.15, 0.2) is 0 Å². The molecule has 0 heterocycles. The molecule has 1 aromatic carbocycles. The number of halogens is 2. The van der Waals surface area contributed by atoms with Crippen LogP contribution in [-0.2, 0) is 9.59 Å². The number of benzene rings is 1. The normalized spacial score (nSPS) is 32.3. The number of hydrogen-bond donors (Lipinski definition) is 1. The monoisotopic (exact) mass is 339 g/mol. The molecule has 3 rings (SSSR count). The van der Waals surface area contributed by atoms with Crippen LogP contribution in [0.2, 0.25) is 10.0 Å². The number of anilines is 1. The van der Waals surface area contributed by atoms with Crippen molar-refractivity contribution in [3.63, 3.8) is 0 Å². The summed E-state index contributed by atoms with van der Waals surface area (Å²) in [5.74, 6) is 0.0623. The zero-order valence-electron chi connectivity index (χ0n) is 12.9. The second-order valence-electron chi connectivity index (χ2n) is 7.22. The van der Waals surface area contributed by atoms with Crippen molar-refractivity contribution in [1.82, 2.24) is 0 Å². The van der Waals surface area contributed by atoms with Gasteiger partial charge in [-0.05, 0) is 36.5 Å². The minimum absolute atomic E-state index is 0.128. The van der Waals surface area contributed by atoms with Gasteiger partial charge in [0.25, 0.3) is 0 Å². The largest absolute Gasteiger partial charge is 0.324 e. The van der Waals surface area contributed by atoms with Gasteiger partial charge >= 0.3 is 0 Å². The van der Waals surface area contributed by atoms with E-state index >= 15 is 0 Å². The minimum Gasteiger partial charge on any atom is -0.324 e. The van der Waals surface area contributed by atoms with Crippen LogP contribution in [0.3, 0.4) is 0 Å². The number of fused-ring (bicyclic) bond motifs is 2. The third kappa shape index (κ3) is 1.82. The molecule has 2 saturated carbocycles. The van der Waals surface area contributed by atoms with Gasteiger partial charge in [0, 0.05) is 16.9 Å². The Morgan fingerprint density at radius 1 is 1.18 bits per heavy atom. The van der Waals surface area contributed by atoms with E-state index in [1.165, 1.54) is 0 Å². The second-order valence-corrected chi connectivity index (χ2v) is 8.06. The topological polar surface area (TPSA) is 46.2 Å². The molecule has 118 valence electrons. The van der Waals surface area contributed by atoms with Crippen molar-refractivity contribution >= 4 is 40.6 Å². The molecule has 0 radical (unpaired) electrons. The first-order valence-electron chi connectivity index (χ1n) is 7.44. The van der Waals surface area contributed by atoms with Crippen LogP contribution < -0.4 is 5.32 Å². The highest BCUT2D eigenvalue weighted by atomic mass is 35.5. The maximum absolute atomic E-state index is 13.0. The van der Waals surface area contributed by atoms with Crippen molar-refractivity contribution in [1.29, 1.82) is 0 Å². The number of Topliss-reactive ketones (excluding diaryl/α,β-unsaturated/α-hetero) is 1. The first kappa shape index (κ1) is 15.8. The van der Waals surface area contributed by atoms with E-state index in [1.807, 2.05) is 20.8 Å². The summed E-state index contributed by atoms with van der Waals surface area (Å²) < 4.78 is 0. The predicted octanol–water partition coefficient (Wildman–Crippen LogP) is 4.72. The van der Waals surface area contributed by atoms with Gasteiger partial charge in [0.1, 0.15) is 5.78 Å². The molecule has 2 fully saturated rings. The molecule has 0 saturated heterocycles. The average molecular weight is 340 g/mol. The van der Waals surface area contributed by atoms with Crippen LogP contribution >= 0.6 is 23.2 Å².